The van der Waals surface area contributed by atoms with Crippen LogP contribution in [0.3, 0.4) is 0 Å². The fourth-order valence-electron chi connectivity index (χ4n) is 3.36. The van der Waals surface area contributed by atoms with Crippen molar-refractivity contribution >= 4 is 23.7 Å². The molecule has 140 valence electrons. The van der Waals surface area contributed by atoms with Crippen molar-refractivity contribution in [2.75, 3.05) is 12.8 Å². The molecule has 0 saturated heterocycles. The number of hydrogen-bond donors (Lipinski definition) is 1. The first-order valence-electron chi connectivity index (χ1n) is 9.09. The Labute approximate surface area is 158 Å². The number of aromatic nitrogens is 5. The molecule has 1 aliphatic rings. The molecule has 0 unspecified atom stereocenters. The van der Waals surface area contributed by atoms with Crippen molar-refractivity contribution in [2.24, 2.45) is 7.05 Å². The van der Waals surface area contributed by atoms with E-state index in [1.54, 1.807) is 34.8 Å². The zero-order valence-electron chi connectivity index (χ0n) is 15.4. The lowest BCUT2D eigenvalue weighted by Gasteiger charge is -2.16. The molecule has 0 aliphatic heterocycles. The van der Waals surface area contributed by atoms with Crippen molar-refractivity contribution in [1.29, 1.82) is 0 Å². The summed E-state index contributed by atoms with van der Waals surface area (Å²) in [4.78, 5) is 11.9. The van der Waals surface area contributed by atoms with E-state index in [0.29, 0.717) is 12.6 Å². The van der Waals surface area contributed by atoms with Crippen molar-refractivity contribution in [3.63, 3.8) is 0 Å². The summed E-state index contributed by atoms with van der Waals surface area (Å²) in [5, 5.41) is 16.7. The number of rotatable bonds is 8. The molecule has 2 heterocycles. The fourth-order valence-corrected chi connectivity index (χ4v) is 3.94. The predicted molar refractivity (Wildman–Crippen MR) is 103 cm³/mol. The molecule has 1 saturated carbocycles. The van der Waals surface area contributed by atoms with E-state index in [1.807, 2.05) is 19.5 Å². The highest BCUT2D eigenvalue weighted by molar-refractivity contribution is 7.98. The molecule has 1 amide bonds. The maximum Gasteiger partial charge on any atom is 0.244 e. The Balaban J connectivity index is 1.47. The van der Waals surface area contributed by atoms with Crippen LogP contribution in [-0.4, -0.2) is 43.3 Å². The summed E-state index contributed by atoms with van der Waals surface area (Å²) in [6.07, 6.45) is 15.6. The molecule has 1 fully saturated rings. The molecule has 3 rings (SSSR count). The predicted octanol–water partition coefficient (Wildman–Crippen LogP) is 2.61. The Morgan fingerprint density at radius 1 is 1.38 bits per heavy atom. The fraction of sp³-hybridized carbons (Fsp3) is 0.556. The van der Waals surface area contributed by atoms with Gasteiger partial charge in [-0.3, -0.25) is 9.48 Å². The van der Waals surface area contributed by atoms with E-state index in [-0.39, 0.29) is 5.91 Å². The van der Waals surface area contributed by atoms with E-state index in [9.17, 15) is 4.79 Å². The van der Waals surface area contributed by atoms with Crippen molar-refractivity contribution in [1.82, 2.24) is 29.9 Å². The van der Waals surface area contributed by atoms with Crippen LogP contribution in [0.25, 0.3) is 6.08 Å². The van der Waals surface area contributed by atoms with Crippen LogP contribution in [0.15, 0.2) is 23.6 Å². The lowest BCUT2D eigenvalue weighted by Crippen LogP contribution is -2.23. The molecule has 0 atom stereocenters. The minimum absolute atomic E-state index is 0.0871. The van der Waals surface area contributed by atoms with Gasteiger partial charge in [0.1, 0.15) is 5.82 Å². The molecular weight excluding hydrogens is 348 g/mol. The van der Waals surface area contributed by atoms with Crippen LogP contribution in [0.1, 0.15) is 49.5 Å². The van der Waals surface area contributed by atoms with Gasteiger partial charge in [-0.2, -0.15) is 5.10 Å². The van der Waals surface area contributed by atoms with Gasteiger partial charge >= 0.3 is 0 Å². The number of nitrogens with one attached hydrogen (secondary N) is 1. The summed E-state index contributed by atoms with van der Waals surface area (Å²) in [5.74, 6) is 0.956. The first kappa shape index (κ1) is 18.7. The van der Waals surface area contributed by atoms with Crippen LogP contribution < -0.4 is 5.32 Å². The normalized spacial score (nSPS) is 15.2. The highest BCUT2D eigenvalue weighted by atomic mass is 32.2. The van der Waals surface area contributed by atoms with Gasteiger partial charge in [0.15, 0.2) is 5.16 Å². The first-order chi connectivity index (χ1) is 12.7. The van der Waals surface area contributed by atoms with E-state index >= 15 is 0 Å². The Kier molecular flexibility index (Phi) is 6.49. The Morgan fingerprint density at radius 2 is 2.19 bits per heavy atom. The van der Waals surface area contributed by atoms with Crippen LogP contribution in [0.2, 0.25) is 0 Å². The summed E-state index contributed by atoms with van der Waals surface area (Å²) < 4.78 is 4.03. The SMILES string of the molecule is CSc1nnc(CCCNC(=O)/C=C\c2cnn(C)c2)n1C1CCCC1. The molecule has 0 spiro atoms. The van der Waals surface area contributed by atoms with E-state index in [0.717, 1.165) is 29.4 Å². The topological polar surface area (TPSA) is 77.6 Å². The lowest BCUT2D eigenvalue weighted by atomic mass is 10.2. The number of carbonyl (C=O) groups is 1. The highest BCUT2D eigenvalue weighted by Gasteiger charge is 2.23. The van der Waals surface area contributed by atoms with Crippen LogP contribution in [0.4, 0.5) is 0 Å². The van der Waals surface area contributed by atoms with Gasteiger partial charge in [-0.1, -0.05) is 24.6 Å². The van der Waals surface area contributed by atoms with Crippen molar-refractivity contribution in [3.05, 3.63) is 29.9 Å². The first-order valence-corrected chi connectivity index (χ1v) is 10.3. The standard InChI is InChI=1S/C18H26N6OS/c1-23-13-14(12-20-23)9-10-17(25)19-11-5-8-16-21-22-18(26-2)24(16)15-6-3-4-7-15/h9-10,12-13,15H,3-8,11H2,1-2H3,(H,19,25)/b10-9-. The summed E-state index contributed by atoms with van der Waals surface area (Å²) in [6.45, 7) is 0.627. The minimum atomic E-state index is -0.0871. The maximum absolute atomic E-state index is 11.9. The maximum atomic E-state index is 11.9. The average molecular weight is 375 g/mol. The molecule has 26 heavy (non-hydrogen) atoms. The van der Waals surface area contributed by atoms with Crippen LogP contribution in [0.5, 0.6) is 0 Å². The van der Waals surface area contributed by atoms with E-state index in [1.165, 1.54) is 25.7 Å². The second-order valence-electron chi connectivity index (χ2n) is 6.59. The third-order valence-corrected chi connectivity index (χ3v) is 5.28. The Bertz CT molecular complexity index is 760. The van der Waals surface area contributed by atoms with Crippen LogP contribution in [0, 0.1) is 0 Å². The van der Waals surface area contributed by atoms with Gasteiger partial charge in [-0.15, -0.1) is 10.2 Å². The van der Waals surface area contributed by atoms with E-state index in [2.05, 4.69) is 25.2 Å². The van der Waals surface area contributed by atoms with Crippen LogP contribution >= 0.6 is 11.8 Å². The zero-order valence-corrected chi connectivity index (χ0v) is 16.2. The van der Waals surface area contributed by atoms with Gasteiger partial charge in [0.25, 0.3) is 0 Å². The minimum Gasteiger partial charge on any atom is -0.353 e. The van der Waals surface area contributed by atoms with Crippen molar-refractivity contribution in [2.45, 2.75) is 49.7 Å². The largest absolute Gasteiger partial charge is 0.353 e. The highest BCUT2D eigenvalue weighted by Crippen LogP contribution is 2.33. The molecule has 8 heteroatoms. The number of carbonyl (C=O) groups excluding carboxylic acids is 1. The summed E-state index contributed by atoms with van der Waals surface area (Å²) >= 11 is 1.66. The summed E-state index contributed by atoms with van der Waals surface area (Å²) in [7, 11) is 1.85. The summed E-state index contributed by atoms with van der Waals surface area (Å²) in [6, 6.07) is 0.541. The lowest BCUT2D eigenvalue weighted by molar-refractivity contribution is -0.116. The van der Waals surface area contributed by atoms with E-state index in [4.69, 9.17) is 0 Å². The van der Waals surface area contributed by atoms with Crippen molar-refractivity contribution < 1.29 is 4.79 Å². The van der Waals surface area contributed by atoms with Crippen molar-refractivity contribution in [3.8, 4) is 0 Å². The quantitative estimate of drug-likeness (QED) is 0.437. The number of nitrogens with zero attached hydrogens (tertiary/aromatic N) is 5. The number of aryl methyl sites for hydroxylation is 2. The van der Waals surface area contributed by atoms with Gasteiger partial charge in [-0.05, 0) is 31.6 Å². The third kappa shape index (κ3) is 4.75. The average Bonchev–Trinajstić information content (AvgIpc) is 3.37. The second kappa shape index (κ2) is 9.02. The molecule has 7 nitrogen and oxygen atoms in total. The van der Waals surface area contributed by atoms with E-state index < -0.39 is 0 Å². The Hall–Kier alpha value is -2.09. The zero-order chi connectivity index (χ0) is 18.4. The monoisotopic (exact) mass is 374 g/mol. The molecule has 1 aliphatic carbocycles. The molecule has 0 bridgehead atoms. The third-order valence-electron chi connectivity index (χ3n) is 4.64. The molecule has 2 aromatic rings. The Morgan fingerprint density at radius 3 is 2.88 bits per heavy atom. The van der Waals surface area contributed by atoms with Crippen LogP contribution in [-0.2, 0) is 18.3 Å². The van der Waals surface area contributed by atoms with Gasteiger partial charge < -0.3 is 9.88 Å². The number of amides is 1. The van der Waals surface area contributed by atoms with Gasteiger partial charge in [0.2, 0.25) is 5.91 Å². The second-order valence-corrected chi connectivity index (χ2v) is 7.36. The number of hydrogen-bond acceptors (Lipinski definition) is 5. The molecular formula is C18H26N6OS. The smallest absolute Gasteiger partial charge is 0.244 e. The molecule has 1 N–H and O–H groups in total. The van der Waals surface area contributed by atoms with Gasteiger partial charge in [0.05, 0.1) is 6.20 Å². The summed E-state index contributed by atoms with van der Waals surface area (Å²) in [5.41, 5.74) is 0.914. The molecule has 0 radical (unpaired) electrons. The molecule has 0 aromatic carbocycles. The van der Waals surface area contributed by atoms with Gasteiger partial charge in [0, 0.05) is 43.9 Å². The van der Waals surface area contributed by atoms with Gasteiger partial charge in [-0.25, -0.2) is 0 Å². The number of thioether (sulfide) groups is 1. The molecule has 2 aromatic heterocycles.